The van der Waals surface area contributed by atoms with Crippen LogP contribution in [0, 0.1) is 0 Å². The molecule has 8 heteroatoms. The molecule has 0 radical (unpaired) electrons. The van der Waals surface area contributed by atoms with Crippen molar-refractivity contribution >= 4 is 33.2 Å². The zero-order chi connectivity index (χ0) is 17.7. The van der Waals surface area contributed by atoms with Crippen molar-refractivity contribution in [1.82, 2.24) is 0 Å². The van der Waals surface area contributed by atoms with Crippen LogP contribution in [0.2, 0.25) is 5.02 Å². The van der Waals surface area contributed by atoms with Crippen LogP contribution in [0.3, 0.4) is 0 Å². The van der Waals surface area contributed by atoms with E-state index >= 15 is 0 Å². The van der Waals surface area contributed by atoms with Crippen LogP contribution in [0.4, 0.5) is 5.69 Å². The fourth-order valence-corrected chi connectivity index (χ4v) is 3.54. The molecule has 128 valence electrons. The van der Waals surface area contributed by atoms with Gasteiger partial charge in [0.1, 0.15) is 10.6 Å². The first-order valence-corrected chi connectivity index (χ1v) is 9.00. The largest absolute Gasteiger partial charge is 0.492 e. The van der Waals surface area contributed by atoms with Crippen molar-refractivity contribution in [1.29, 1.82) is 0 Å². The number of carbonyl (C=O) groups is 1. The summed E-state index contributed by atoms with van der Waals surface area (Å²) in [6.07, 6.45) is 0.0931. The van der Waals surface area contributed by atoms with E-state index in [9.17, 15) is 13.2 Å². The minimum Gasteiger partial charge on any atom is -0.492 e. The first-order chi connectivity index (χ1) is 11.3. The minimum atomic E-state index is -3.88. The summed E-state index contributed by atoms with van der Waals surface area (Å²) >= 11 is 5.90. The number of primary amides is 1. The number of rotatable bonds is 7. The second-order valence-electron chi connectivity index (χ2n) is 4.97. The van der Waals surface area contributed by atoms with Gasteiger partial charge in [-0.05, 0) is 42.8 Å². The van der Waals surface area contributed by atoms with Crippen LogP contribution in [0.25, 0.3) is 0 Å². The molecule has 0 aliphatic rings. The summed E-state index contributed by atoms with van der Waals surface area (Å²) in [5.74, 6) is -0.233. The summed E-state index contributed by atoms with van der Waals surface area (Å²) in [4.78, 5) is 10.8. The standard InChI is InChI=1S/C16H17ClN2O4S/c1-2-23-14-8-5-12(17)10-15(14)24(21,22)19-13-6-3-11(4-7-13)9-16(18)20/h3-8,10,19H,2,9H2,1H3,(H2,18,20). The van der Waals surface area contributed by atoms with Gasteiger partial charge in [-0.25, -0.2) is 8.42 Å². The maximum atomic E-state index is 12.6. The third kappa shape index (κ3) is 4.62. The molecule has 0 saturated carbocycles. The number of nitrogens with two attached hydrogens (primary N) is 1. The molecule has 0 spiro atoms. The average Bonchev–Trinajstić information content (AvgIpc) is 2.50. The fraction of sp³-hybridized carbons (Fsp3) is 0.188. The van der Waals surface area contributed by atoms with Crippen molar-refractivity contribution in [3.05, 3.63) is 53.1 Å². The lowest BCUT2D eigenvalue weighted by Crippen LogP contribution is -2.15. The summed E-state index contributed by atoms with van der Waals surface area (Å²) in [6, 6.07) is 10.8. The zero-order valence-corrected chi connectivity index (χ0v) is 14.5. The zero-order valence-electron chi connectivity index (χ0n) is 13.0. The SMILES string of the molecule is CCOc1ccc(Cl)cc1S(=O)(=O)Nc1ccc(CC(N)=O)cc1. The first-order valence-electron chi connectivity index (χ1n) is 7.14. The molecule has 6 nitrogen and oxygen atoms in total. The Balaban J connectivity index is 2.28. The number of benzene rings is 2. The highest BCUT2D eigenvalue weighted by Crippen LogP contribution is 2.29. The predicted octanol–water partition coefficient (Wildman–Crippen LogP) is 2.57. The van der Waals surface area contributed by atoms with Crippen LogP contribution in [0.5, 0.6) is 5.75 Å². The summed E-state index contributed by atoms with van der Waals surface area (Å²) in [5.41, 5.74) is 6.17. The lowest BCUT2D eigenvalue weighted by molar-refractivity contribution is -0.117. The van der Waals surface area contributed by atoms with E-state index in [-0.39, 0.29) is 22.1 Å². The average molecular weight is 369 g/mol. The molecule has 0 aromatic heterocycles. The van der Waals surface area contributed by atoms with Gasteiger partial charge in [-0.1, -0.05) is 23.7 Å². The second-order valence-corrected chi connectivity index (χ2v) is 7.06. The van der Waals surface area contributed by atoms with Crippen molar-refractivity contribution in [2.45, 2.75) is 18.2 Å². The van der Waals surface area contributed by atoms with Crippen molar-refractivity contribution in [2.75, 3.05) is 11.3 Å². The van der Waals surface area contributed by atoms with Crippen LogP contribution in [-0.2, 0) is 21.2 Å². The van der Waals surface area contributed by atoms with Gasteiger partial charge in [0.25, 0.3) is 10.0 Å². The molecule has 0 atom stereocenters. The fourth-order valence-electron chi connectivity index (χ4n) is 2.07. The number of hydrogen-bond donors (Lipinski definition) is 2. The quantitative estimate of drug-likeness (QED) is 0.784. The van der Waals surface area contributed by atoms with E-state index in [4.69, 9.17) is 22.1 Å². The van der Waals surface area contributed by atoms with Gasteiger partial charge < -0.3 is 10.5 Å². The summed E-state index contributed by atoms with van der Waals surface area (Å²) in [5, 5.41) is 0.288. The number of hydrogen-bond acceptors (Lipinski definition) is 4. The highest BCUT2D eigenvalue weighted by atomic mass is 35.5. The number of anilines is 1. The van der Waals surface area contributed by atoms with Crippen LogP contribution in [-0.4, -0.2) is 20.9 Å². The Morgan fingerprint density at radius 3 is 2.46 bits per heavy atom. The molecule has 0 heterocycles. The molecule has 2 aromatic rings. The van der Waals surface area contributed by atoms with E-state index in [1.165, 1.54) is 12.1 Å². The summed E-state index contributed by atoms with van der Waals surface area (Å²) in [7, 11) is -3.88. The third-order valence-electron chi connectivity index (χ3n) is 3.08. The van der Waals surface area contributed by atoms with Gasteiger partial charge in [0, 0.05) is 10.7 Å². The lowest BCUT2D eigenvalue weighted by atomic mass is 10.1. The Labute approximate surface area is 145 Å². The van der Waals surface area contributed by atoms with Gasteiger partial charge in [-0.2, -0.15) is 0 Å². The van der Waals surface area contributed by atoms with E-state index in [1.807, 2.05) is 0 Å². The maximum absolute atomic E-state index is 12.6. The van der Waals surface area contributed by atoms with Crippen LogP contribution < -0.4 is 15.2 Å². The number of nitrogens with one attached hydrogen (secondary N) is 1. The molecular formula is C16H17ClN2O4S. The third-order valence-corrected chi connectivity index (χ3v) is 4.72. The topological polar surface area (TPSA) is 98.5 Å². The molecule has 0 unspecified atom stereocenters. The lowest BCUT2D eigenvalue weighted by Gasteiger charge is -2.13. The van der Waals surface area contributed by atoms with Gasteiger partial charge in [0.2, 0.25) is 5.91 Å². The van der Waals surface area contributed by atoms with Crippen molar-refractivity contribution in [3.8, 4) is 5.75 Å². The molecule has 0 bridgehead atoms. The van der Waals surface area contributed by atoms with Gasteiger partial charge in [-0.3, -0.25) is 9.52 Å². The molecule has 2 rings (SSSR count). The Morgan fingerprint density at radius 1 is 1.21 bits per heavy atom. The maximum Gasteiger partial charge on any atom is 0.265 e. The van der Waals surface area contributed by atoms with Gasteiger partial charge in [-0.15, -0.1) is 0 Å². The normalized spacial score (nSPS) is 11.1. The molecule has 0 aliphatic heterocycles. The molecule has 24 heavy (non-hydrogen) atoms. The van der Waals surface area contributed by atoms with E-state index < -0.39 is 15.9 Å². The summed E-state index contributed by atoms with van der Waals surface area (Å²) < 4.78 is 33.0. The van der Waals surface area contributed by atoms with Crippen molar-refractivity contribution < 1.29 is 17.9 Å². The molecule has 0 fully saturated rings. The number of sulfonamides is 1. The molecule has 1 amide bonds. The van der Waals surface area contributed by atoms with Crippen LogP contribution in [0.1, 0.15) is 12.5 Å². The Kier molecular flexibility index (Phi) is 5.69. The Morgan fingerprint density at radius 2 is 1.88 bits per heavy atom. The Hall–Kier alpha value is -2.25. The number of ether oxygens (including phenoxy) is 1. The Bertz CT molecular complexity index is 836. The molecule has 0 saturated heterocycles. The molecule has 2 aromatic carbocycles. The highest BCUT2D eigenvalue weighted by Gasteiger charge is 2.20. The number of halogens is 1. The van der Waals surface area contributed by atoms with E-state index in [0.29, 0.717) is 17.9 Å². The monoisotopic (exact) mass is 368 g/mol. The van der Waals surface area contributed by atoms with E-state index in [0.717, 1.165) is 0 Å². The smallest absolute Gasteiger partial charge is 0.265 e. The summed E-state index contributed by atoms with van der Waals surface area (Å²) in [6.45, 7) is 2.09. The van der Waals surface area contributed by atoms with Gasteiger partial charge in [0.15, 0.2) is 0 Å². The number of carbonyl (C=O) groups excluding carboxylic acids is 1. The van der Waals surface area contributed by atoms with Crippen molar-refractivity contribution in [2.24, 2.45) is 5.73 Å². The number of amides is 1. The van der Waals surface area contributed by atoms with Crippen LogP contribution in [0.15, 0.2) is 47.4 Å². The van der Waals surface area contributed by atoms with Crippen molar-refractivity contribution in [3.63, 3.8) is 0 Å². The second kappa shape index (κ2) is 7.55. The molecule has 0 aliphatic carbocycles. The predicted molar refractivity (Wildman–Crippen MR) is 92.8 cm³/mol. The van der Waals surface area contributed by atoms with Gasteiger partial charge >= 0.3 is 0 Å². The highest BCUT2D eigenvalue weighted by molar-refractivity contribution is 7.92. The van der Waals surface area contributed by atoms with E-state index in [2.05, 4.69) is 4.72 Å². The minimum absolute atomic E-state index is 0.0435. The molecule has 3 N–H and O–H groups in total. The van der Waals surface area contributed by atoms with E-state index in [1.54, 1.807) is 37.3 Å². The first kappa shape index (κ1) is 18.1. The molecular weight excluding hydrogens is 352 g/mol. The van der Waals surface area contributed by atoms with Crippen LogP contribution >= 0.6 is 11.6 Å². The van der Waals surface area contributed by atoms with Gasteiger partial charge in [0.05, 0.1) is 13.0 Å².